The van der Waals surface area contributed by atoms with Crippen molar-refractivity contribution >= 4 is 28.6 Å². The second kappa shape index (κ2) is 5.02. The third-order valence-corrected chi connectivity index (χ3v) is 2.21. The molecule has 0 bridgehead atoms. The summed E-state index contributed by atoms with van der Waals surface area (Å²) in [7, 11) is 0. The lowest BCUT2D eigenvalue weighted by atomic mass is 10.2. The molecule has 4 nitrogen and oxygen atoms in total. The number of pyridine rings is 1. The van der Waals surface area contributed by atoms with Gasteiger partial charge in [-0.05, 0) is 28.7 Å². The minimum absolute atomic E-state index is 0.433. The van der Waals surface area contributed by atoms with Crippen LogP contribution in [-0.2, 0) is 6.18 Å². The van der Waals surface area contributed by atoms with Crippen LogP contribution in [0.4, 0.5) is 26.3 Å². The van der Waals surface area contributed by atoms with Gasteiger partial charge in [-0.3, -0.25) is 0 Å². The van der Waals surface area contributed by atoms with Crippen molar-refractivity contribution in [3.8, 4) is 5.75 Å². The van der Waals surface area contributed by atoms with Crippen molar-refractivity contribution < 1.29 is 41.0 Å². The zero-order chi connectivity index (χ0) is 15.0. The van der Waals surface area contributed by atoms with Crippen LogP contribution in [0.5, 0.6) is 5.75 Å². The summed E-state index contributed by atoms with van der Waals surface area (Å²) in [5.74, 6) is -3.88. The molecule has 1 heterocycles. The van der Waals surface area contributed by atoms with Gasteiger partial charge in [-0.15, -0.1) is 13.2 Å². The van der Waals surface area contributed by atoms with Crippen LogP contribution in [0.2, 0.25) is 0 Å². The first-order valence-electron chi connectivity index (χ1n) is 4.18. The Bertz CT molecular complexity index is 512. The summed E-state index contributed by atoms with van der Waals surface area (Å²) >= 11 is 1.25. The summed E-state index contributed by atoms with van der Waals surface area (Å²) in [6.45, 7) is 0. The van der Waals surface area contributed by atoms with Crippen LogP contribution in [0, 0.1) is 3.70 Å². The van der Waals surface area contributed by atoms with Gasteiger partial charge in [0.2, 0.25) is 0 Å². The molecule has 0 amide bonds. The first kappa shape index (κ1) is 15.8. The van der Waals surface area contributed by atoms with Gasteiger partial charge in [0, 0.05) is 0 Å². The fourth-order valence-electron chi connectivity index (χ4n) is 1.07. The van der Waals surface area contributed by atoms with Gasteiger partial charge >= 0.3 is 18.5 Å². The molecule has 0 unspecified atom stereocenters. The normalized spacial score (nSPS) is 12.4. The molecular weight excluding hydrogens is 399 g/mol. The summed E-state index contributed by atoms with van der Waals surface area (Å²) < 4.78 is 76.5. The van der Waals surface area contributed by atoms with Gasteiger partial charge in [-0.1, -0.05) is 0 Å². The van der Waals surface area contributed by atoms with E-state index in [0.29, 0.717) is 6.07 Å². The van der Waals surface area contributed by atoms with Gasteiger partial charge < -0.3 is 9.84 Å². The maximum atomic E-state index is 12.5. The van der Waals surface area contributed by atoms with E-state index in [1.807, 2.05) is 0 Å². The van der Waals surface area contributed by atoms with Crippen molar-refractivity contribution in [2.45, 2.75) is 12.5 Å². The van der Waals surface area contributed by atoms with Crippen LogP contribution in [0.1, 0.15) is 16.1 Å². The van der Waals surface area contributed by atoms with Gasteiger partial charge in [0.05, 0.1) is 0 Å². The van der Waals surface area contributed by atoms with E-state index in [-0.39, 0.29) is 0 Å². The molecule has 0 spiro atoms. The Morgan fingerprint density at radius 2 is 1.79 bits per heavy atom. The van der Waals surface area contributed by atoms with E-state index in [4.69, 9.17) is 5.11 Å². The summed E-state index contributed by atoms with van der Waals surface area (Å²) in [6.07, 6.45) is -10.8. The van der Waals surface area contributed by atoms with E-state index in [0.717, 1.165) is 0 Å². The van der Waals surface area contributed by atoms with Crippen LogP contribution in [0.25, 0.3) is 0 Å². The molecule has 1 N–H and O–H groups in total. The van der Waals surface area contributed by atoms with E-state index >= 15 is 0 Å². The number of aromatic carboxylic acids is 1. The molecule has 0 radical (unpaired) electrons. The van der Waals surface area contributed by atoms with Gasteiger partial charge in [-0.2, -0.15) is 13.2 Å². The smallest absolute Gasteiger partial charge is 0.478 e. The number of aromatic nitrogens is 1. The van der Waals surface area contributed by atoms with Gasteiger partial charge in [-0.25, -0.2) is 9.78 Å². The highest BCUT2D eigenvalue weighted by Gasteiger charge is 2.43. The van der Waals surface area contributed by atoms with Crippen LogP contribution < -0.4 is 4.74 Å². The molecule has 1 aromatic rings. The van der Waals surface area contributed by atoms with Crippen LogP contribution in [0.3, 0.4) is 0 Å². The third-order valence-electron chi connectivity index (χ3n) is 1.66. The van der Waals surface area contributed by atoms with Crippen LogP contribution in [-0.4, -0.2) is 22.4 Å². The summed E-state index contributed by atoms with van der Waals surface area (Å²) in [6, 6.07) is 0.541. The van der Waals surface area contributed by atoms with E-state index < -0.39 is 39.2 Å². The van der Waals surface area contributed by atoms with Crippen molar-refractivity contribution in [3.63, 3.8) is 0 Å². The monoisotopic (exact) mass is 401 g/mol. The Morgan fingerprint density at radius 1 is 1.26 bits per heavy atom. The van der Waals surface area contributed by atoms with Crippen LogP contribution >= 0.6 is 22.6 Å². The molecule has 19 heavy (non-hydrogen) atoms. The SMILES string of the molecule is O=C(O)c1cc(I)nc(C(F)(F)F)c1OC(F)(F)F. The molecule has 11 heteroatoms. The van der Waals surface area contributed by atoms with Crippen LogP contribution in [0.15, 0.2) is 6.07 Å². The minimum Gasteiger partial charge on any atom is -0.478 e. The first-order chi connectivity index (χ1) is 8.42. The molecule has 0 fully saturated rings. The Balaban J connectivity index is 3.57. The highest BCUT2D eigenvalue weighted by molar-refractivity contribution is 14.1. The van der Waals surface area contributed by atoms with Crippen molar-refractivity contribution in [1.82, 2.24) is 4.98 Å². The Hall–Kier alpha value is -1.27. The first-order valence-corrected chi connectivity index (χ1v) is 5.26. The van der Waals surface area contributed by atoms with Gasteiger partial charge in [0.25, 0.3) is 0 Å². The lowest BCUT2D eigenvalue weighted by Gasteiger charge is -2.16. The maximum absolute atomic E-state index is 12.5. The third kappa shape index (κ3) is 4.11. The van der Waals surface area contributed by atoms with E-state index in [9.17, 15) is 31.1 Å². The van der Waals surface area contributed by atoms with Crippen molar-refractivity contribution in [1.29, 1.82) is 0 Å². The molecule has 106 valence electrons. The average molecular weight is 401 g/mol. The fourth-order valence-corrected chi connectivity index (χ4v) is 1.62. The molecule has 0 atom stereocenters. The highest BCUT2D eigenvalue weighted by Crippen LogP contribution is 2.39. The maximum Gasteiger partial charge on any atom is 0.573 e. The number of hydrogen-bond acceptors (Lipinski definition) is 3. The van der Waals surface area contributed by atoms with Crippen molar-refractivity contribution in [3.05, 3.63) is 21.0 Å². The Labute approximate surface area is 114 Å². The number of carboxylic acid groups (broad SMARTS) is 1. The summed E-state index contributed by atoms with van der Waals surface area (Å²) in [5.41, 5.74) is -3.32. The molecule has 0 aliphatic heterocycles. The Morgan fingerprint density at radius 3 is 2.16 bits per heavy atom. The lowest BCUT2D eigenvalue weighted by Crippen LogP contribution is -2.23. The standard InChI is InChI=1S/C8H2F6INO3/c9-7(10,11)5-4(19-8(12,13)14)2(6(17)18)1-3(15)16-5/h1H,(H,17,18). The van der Waals surface area contributed by atoms with Crippen molar-refractivity contribution in [2.24, 2.45) is 0 Å². The topological polar surface area (TPSA) is 59.4 Å². The minimum atomic E-state index is -5.47. The van der Waals surface area contributed by atoms with Gasteiger partial charge in [0.15, 0.2) is 11.4 Å². The molecule has 0 aliphatic carbocycles. The molecule has 0 saturated carbocycles. The number of halogens is 7. The van der Waals surface area contributed by atoms with E-state index in [2.05, 4.69) is 9.72 Å². The zero-order valence-electron chi connectivity index (χ0n) is 8.43. The average Bonchev–Trinajstić information content (AvgIpc) is 2.16. The number of hydrogen-bond donors (Lipinski definition) is 1. The number of alkyl halides is 6. The molecule has 1 aromatic heterocycles. The Kier molecular flexibility index (Phi) is 4.17. The summed E-state index contributed by atoms with van der Waals surface area (Å²) in [4.78, 5) is 13.5. The lowest BCUT2D eigenvalue weighted by molar-refractivity contribution is -0.276. The number of rotatable bonds is 2. The molecule has 0 saturated heterocycles. The largest absolute Gasteiger partial charge is 0.573 e. The number of carboxylic acids is 1. The van der Waals surface area contributed by atoms with Gasteiger partial charge in [0.1, 0.15) is 9.26 Å². The van der Waals surface area contributed by atoms with E-state index in [1.54, 1.807) is 0 Å². The second-order valence-electron chi connectivity index (χ2n) is 3.02. The molecular formula is C8H2F6INO3. The number of ether oxygens (including phenoxy) is 1. The molecule has 0 aliphatic rings. The highest BCUT2D eigenvalue weighted by atomic mass is 127. The predicted molar refractivity (Wildman–Crippen MR) is 55.6 cm³/mol. The fraction of sp³-hybridized carbons (Fsp3) is 0.250. The predicted octanol–water partition coefficient (Wildman–Crippen LogP) is 3.30. The molecule has 0 aromatic carbocycles. The van der Waals surface area contributed by atoms with Crippen molar-refractivity contribution in [2.75, 3.05) is 0 Å². The summed E-state index contributed by atoms with van der Waals surface area (Å²) in [5, 5.41) is 8.63. The quantitative estimate of drug-likeness (QED) is 0.470. The van der Waals surface area contributed by atoms with E-state index in [1.165, 1.54) is 22.6 Å². The second-order valence-corrected chi connectivity index (χ2v) is 4.13. The molecule has 1 rings (SSSR count). The number of nitrogens with zero attached hydrogens (tertiary/aromatic N) is 1. The number of carbonyl (C=O) groups is 1. The zero-order valence-corrected chi connectivity index (χ0v) is 10.6.